The third kappa shape index (κ3) is 5.55. The third-order valence-electron chi connectivity index (χ3n) is 5.32. The Labute approximate surface area is 203 Å². The van der Waals surface area contributed by atoms with Crippen molar-refractivity contribution in [1.82, 2.24) is 15.5 Å². The molecule has 0 saturated heterocycles. The van der Waals surface area contributed by atoms with E-state index in [4.69, 9.17) is 9.15 Å². The van der Waals surface area contributed by atoms with Gasteiger partial charge in [-0.15, -0.1) is 10.2 Å². The Bertz CT molecular complexity index is 1330. The van der Waals surface area contributed by atoms with Crippen molar-refractivity contribution in [2.45, 2.75) is 26.8 Å². The van der Waals surface area contributed by atoms with Gasteiger partial charge in [-0.25, -0.2) is 9.59 Å². The second-order valence-electron chi connectivity index (χ2n) is 8.35. The Morgan fingerprint density at radius 2 is 1.57 bits per heavy atom. The smallest absolute Gasteiger partial charge is 0.343 e. The summed E-state index contributed by atoms with van der Waals surface area (Å²) >= 11 is 0. The van der Waals surface area contributed by atoms with Crippen LogP contribution in [-0.2, 0) is 0 Å². The van der Waals surface area contributed by atoms with Crippen molar-refractivity contribution in [3.05, 3.63) is 83.9 Å². The zero-order valence-corrected chi connectivity index (χ0v) is 20.0. The quantitative estimate of drug-likeness (QED) is 0.296. The van der Waals surface area contributed by atoms with Crippen LogP contribution >= 0.6 is 0 Å². The number of hydrogen-bond acceptors (Lipinski definition) is 6. The van der Waals surface area contributed by atoms with E-state index in [1.165, 1.54) is 4.90 Å². The molecule has 0 aliphatic carbocycles. The summed E-state index contributed by atoms with van der Waals surface area (Å²) in [4.78, 5) is 26.2. The molecular formula is C27H26N4O4. The van der Waals surface area contributed by atoms with E-state index in [1.807, 2.05) is 45.0 Å². The van der Waals surface area contributed by atoms with Crippen LogP contribution in [0.3, 0.4) is 0 Å². The van der Waals surface area contributed by atoms with Gasteiger partial charge >= 0.3 is 12.0 Å². The molecule has 0 saturated carbocycles. The van der Waals surface area contributed by atoms with Gasteiger partial charge in [-0.05, 0) is 80.9 Å². The first-order chi connectivity index (χ1) is 16.8. The van der Waals surface area contributed by atoms with Crippen LogP contribution in [0.1, 0.15) is 29.8 Å². The summed E-state index contributed by atoms with van der Waals surface area (Å²) in [6.07, 6.45) is 0. The molecule has 0 bridgehead atoms. The number of esters is 1. The monoisotopic (exact) mass is 470 g/mol. The molecule has 1 aromatic heterocycles. The Morgan fingerprint density at radius 3 is 2.23 bits per heavy atom. The molecule has 4 aromatic rings. The molecule has 2 amide bonds. The predicted octanol–water partition coefficient (Wildman–Crippen LogP) is 5.49. The van der Waals surface area contributed by atoms with E-state index in [-0.39, 0.29) is 12.1 Å². The topological polar surface area (TPSA) is 97.6 Å². The standard InChI is InChI=1S/C27H26N4O4/c1-17(2)28-27(33)31(4)21-13-15-22(16-14-21)34-26(32)20-11-9-19(10-12-20)24-29-30-25(35-24)23-8-6-5-7-18(23)3/h5-17H,1-4H3,(H,28,33). The first kappa shape index (κ1) is 23.7. The van der Waals surface area contributed by atoms with Gasteiger partial charge in [0.05, 0.1) is 5.56 Å². The van der Waals surface area contributed by atoms with Crippen molar-refractivity contribution in [2.75, 3.05) is 11.9 Å². The Morgan fingerprint density at radius 1 is 0.914 bits per heavy atom. The number of carbonyl (C=O) groups is 2. The van der Waals surface area contributed by atoms with E-state index in [1.54, 1.807) is 55.6 Å². The Hall–Kier alpha value is -4.46. The van der Waals surface area contributed by atoms with Gasteiger partial charge in [0.2, 0.25) is 11.8 Å². The summed E-state index contributed by atoms with van der Waals surface area (Å²) in [5.74, 6) is 0.684. The minimum atomic E-state index is -0.499. The average molecular weight is 471 g/mol. The second kappa shape index (κ2) is 10.2. The number of aromatic nitrogens is 2. The first-order valence-electron chi connectivity index (χ1n) is 11.2. The van der Waals surface area contributed by atoms with Crippen molar-refractivity contribution < 1.29 is 18.7 Å². The van der Waals surface area contributed by atoms with Crippen molar-refractivity contribution in [3.8, 4) is 28.7 Å². The highest BCUT2D eigenvalue weighted by Crippen LogP contribution is 2.26. The van der Waals surface area contributed by atoms with Crippen LogP contribution in [-0.4, -0.2) is 35.3 Å². The van der Waals surface area contributed by atoms with Gasteiger partial charge in [-0.3, -0.25) is 4.90 Å². The van der Waals surface area contributed by atoms with Crippen LogP contribution < -0.4 is 15.0 Å². The van der Waals surface area contributed by atoms with E-state index >= 15 is 0 Å². The number of hydrogen-bond donors (Lipinski definition) is 1. The summed E-state index contributed by atoms with van der Waals surface area (Å²) in [5.41, 5.74) is 3.67. The van der Waals surface area contributed by atoms with E-state index in [2.05, 4.69) is 15.5 Å². The normalized spacial score (nSPS) is 10.8. The lowest BCUT2D eigenvalue weighted by molar-refractivity contribution is 0.0734. The second-order valence-corrected chi connectivity index (χ2v) is 8.35. The molecule has 0 atom stereocenters. The molecular weight excluding hydrogens is 444 g/mol. The fourth-order valence-electron chi connectivity index (χ4n) is 3.38. The van der Waals surface area contributed by atoms with Gasteiger partial charge in [0, 0.05) is 29.9 Å². The molecule has 1 heterocycles. The largest absolute Gasteiger partial charge is 0.423 e. The number of benzene rings is 3. The molecule has 3 aromatic carbocycles. The van der Waals surface area contributed by atoms with Gasteiger partial charge in [0.15, 0.2) is 0 Å². The highest BCUT2D eigenvalue weighted by molar-refractivity contribution is 5.92. The number of rotatable bonds is 6. The van der Waals surface area contributed by atoms with Gasteiger partial charge in [-0.2, -0.15) is 0 Å². The summed E-state index contributed by atoms with van der Waals surface area (Å²) in [6, 6.07) is 21.1. The highest BCUT2D eigenvalue weighted by Gasteiger charge is 2.15. The average Bonchev–Trinajstić information content (AvgIpc) is 3.34. The van der Waals surface area contributed by atoms with Crippen LogP contribution in [0.5, 0.6) is 5.75 Å². The van der Waals surface area contributed by atoms with Gasteiger partial charge < -0.3 is 14.5 Å². The minimum Gasteiger partial charge on any atom is -0.423 e. The molecule has 178 valence electrons. The first-order valence-corrected chi connectivity index (χ1v) is 11.2. The number of amides is 2. The van der Waals surface area contributed by atoms with E-state index in [0.717, 1.165) is 11.1 Å². The van der Waals surface area contributed by atoms with Crippen LogP contribution in [0, 0.1) is 6.92 Å². The Balaban J connectivity index is 1.41. The lowest BCUT2D eigenvalue weighted by Crippen LogP contribution is -2.40. The maximum atomic E-state index is 12.6. The van der Waals surface area contributed by atoms with Gasteiger partial charge in [-0.1, -0.05) is 18.2 Å². The van der Waals surface area contributed by atoms with Crippen molar-refractivity contribution in [1.29, 1.82) is 0 Å². The van der Waals surface area contributed by atoms with Crippen LogP contribution in [0.2, 0.25) is 0 Å². The summed E-state index contributed by atoms with van der Waals surface area (Å²) in [5, 5.41) is 11.1. The zero-order chi connectivity index (χ0) is 24.9. The number of nitrogens with one attached hydrogen (secondary N) is 1. The van der Waals surface area contributed by atoms with Crippen molar-refractivity contribution in [3.63, 3.8) is 0 Å². The molecule has 0 unspecified atom stereocenters. The fraction of sp³-hybridized carbons (Fsp3) is 0.185. The molecule has 4 rings (SSSR count). The molecule has 1 N–H and O–H groups in total. The van der Waals surface area contributed by atoms with E-state index in [0.29, 0.717) is 34.3 Å². The van der Waals surface area contributed by atoms with E-state index < -0.39 is 5.97 Å². The van der Waals surface area contributed by atoms with Crippen LogP contribution in [0.4, 0.5) is 10.5 Å². The molecule has 0 aliphatic heterocycles. The van der Waals surface area contributed by atoms with Crippen LogP contribution in [0.15, 0.2) is 77.2 Å². The molecule has 8 nitrogen and oxygen atoms in total. The maximum absolute atomic E-state index is 12.6. The third-order valence-corrected chi connectivity index (χ3v) is 5.32. The number of carbonyl (C=O) groups excluding carboxylic acids is 2. The highest BCUT2D eigenvalue weighted by atomic mass is 16.5. The predicted molar refractivity (Wildman–Crippen MR) is 133 cm³/mol. The lowest BCUT2D eigenvalue weighted by atomic mass is 10.1. The number of aryl methyl sites for hydroxylation is 1. The SMILES string of the molecule is Cc1ccccc1-c1nnc(-c2ccc(C(=O)Oc3ccc(N(C)C(=O)NC(C)C)cc3)cc2)o1. The molecule has 0 fully saturated rings. The molecule has 35 heavy (non-hydrogen) atoms. The maximum Gasteiger partial charge on any atom is 0.343 e. The fourth-order valence-corrected chi connectivity index (χ4v) is 3.38. The number of nitrogens with zero attached hydrogens (tertiary/aromatic N) is 3. The number of ether oxygens (including phenoxy) is 1. The van der Waals surface area contributed by atoms with Gasteiger partial charge in [0.1, 0.15) is 5.75 Å². The molecule has 0 aliphatic rings. The minimum absolute atomic E-state index is 0.0338. The van der Waals surface area contributed by atoms with Gasteiger partial charge in [0.25, 0.3) is 0 Å². The zero-order valence-electron chi connectivity index (χ0n) is 20.0. The summed E-state index contributed by atoms with van der Waals surface area (Å²) in [6.45, 7) is 5.77. The van der Waals surface area contributed by atoms with Crippen LogP contribution in [0.25, 0.3) is 22.9 Å². The van der Waals surface area contributed by atoms with Crippen molar-refractivity contribution >= 4 is 17.7 Å². The number of anilines is 1. The summed E-state index contributed by atoms with van der Waals surface area (Å²) < 4.78 is 11.3. The molecule has 0 radical (unpaired) electrons. The van der Waals surface area contributed by atoms with E-state index in [9.17, 15) is 9.59 Å². The Kier molecular flexibility index (Phi) is 6.91. The lowest BCUT2D eigenvalue weighted by Gasteiger charge is -2.20. The molecule has 0 spiro atoms. The summed E-state index contributed by atoms with van der Waals surface area (Å²) in [7, 11) is 1.67. The number of urea groups is 1. The molecule has 8 heteroatoms. The van der Waals surface area contributed by atoms with Crippen molar-refractivity contribution in [2.24, 2.45) is 0 Å².